The molecule has 0 radical (unpaired) electrons. The Morgan fingerprint density at radius 2 is 1.74 bits per heavy atom. The minimum absolute atomic E-state index is 0.0643. The van der Waals surface area contributed by atoms with E-state index in [1.807, 2.05) is 50.2 Å². The van der Waals surface area contributed by atoms with Crippen molar-refractivity contribution in [3.63, 3.8) is 0 Å². The van der Waals surface area contributed by atoms with Crippen LogP contribution in [-0.2, 0) is 14.4 Å². The van der Waals surface area contributed by atoms with Gasteiger partial charge in [-0.1, -0.05) is 74.4 Å². The van der Waals surface area contributed by atoms with Crippen molar-refractivity contribution >= 4 is 52.5 Å². The first kappa shape index (κ1) is 31.4. The lowest BCUT2D eigenvalue weighted by Gasteiger charge is -2.41. The molecule has 3 fully saturated rings. The number of benzene rings is 2. The highest BCUT2D eigenvalue weighted by molar-refractivity contribution is 8.02. The molecule has 5 rings (SSSR count). The fourth-order valence-corrected chi connectivity index (χ4v) is 9.75. The van der Waals surface area contributed by atoms with Gasteiger partial charge in [-0.25, -0.2) is 0 Å². The Kier molecular flexibility index (Phi) is 9.40. The number of halogens is 1. The van der Waals surface area contributed by atoms with E-state index in [-0.39, 0.29) is 42.0 Å². The van der Waals surface area contributed by atoms with Gasteiger partial charge in [0.2, 0.25) is 11.8 Å². The lowest BCUT2D eigenvalue weighted by atomic mass is 9.70. The van der Waals surface area contributed by atoms with Crippen molar-refractivity contribution in [2.24, 2.45) is 17.8 Å². The summed E-state index contributed by atoms with van der Waals surface area (Å²) in [6.45, 7) is 12.0. The normalized spacial score (nSPS) is 27.0. The fourth-order valence-electron chi connectivity index (χ4n) is 7.32. The van der Waals surface area contributed by atoms with Crippen LogP contribution in [0.2, 0.25) is 5.02 Å². The summed E-state index contributed by atoms with van der Waals surface area (Å²) in [4.78, 5) is 49.0. The average Bonchev–Trinajstić information content (AvgIpc) is 3.67. The Balaban J connectivity index is 1.62. The summed E-state index contributed by atoms with van der Waals surface area (Å²) < 4.78 is -0.808. The fraction of sp³-hybridized carbons (Fsp3) is 0.441. The minimum atomic E-state index is -0.871. The first-order valence-corrected chi connectivity index (χ1v) is 16.3. The molecule has 3 amide bonds. The van der Waals surface area contributed by atoms with Crippen LogP contribution < -0.4 is 9.80 Å². The molecule has 43 heavy (non-hydrogen) atoms. The summed E-state index contributed by atoms with van der Waals surface area (Å²) in [6, 6.07) is 15.1. The Labute approximate surface area is 263 Å². The second-order valence-electron chi connectivity index (χ2n) is 11.7. The highest BCUT2D eigenvalue weighted by Crippen LogP contribution is 2.67. The number of carbonyl (C=O) groups is 3. The second kappa shape index (κ2) is 12.9. The molecule has 7 atom stereocenters. The Morgan fingerprint density at radius 3 is 2.37 bits per heavy atom. The summed E-state index contributed by atoms with van der Waals surface area (Å²) in [5.74, 6) is -1.98. The lowest BCUT2D eigenvalue weighted by Crippen LogP contribution is -2.58. The highest BCUT2D eigenvalue weighted by atomic mass is 35.5. The van der Waals surface area contributed by atoms with Crippen molar-refractivity contribution < 1.29 is 19.5 Å². The third-order valence-corrected chi connectivity index (χ3v) is 11.7. The lowest BCUT2D eigenvalue weighted by molar-refractivity contribution is -0.143. The van der Waals surface area contributed by atoms with Crippen LogP contribution in [0.3, 0.4) is 0 Å². The van der Waals surface area contributed by atoms with Crippen molar-refractivity contribution in [2.75, 3.05) is 29.5 Å². The molecule has 228 valence electrons. The van der Waals surface area contributed by atoms with Crippen LogP contribution in [0.1, 0.15) is 33.1 Å². The number of fused-ring (bicyclic) bond motifs is 1. The molecule has 2 bridgehead atoms. The molecule has 3 saturated heterocycles. The second-order valence-corrected chi connectivity index (χ2v) is 13.7. The predicted molar refractivity (Wildman–Crippen MR) is 174 cm³/mol. The van der Waals surface area contributed by atoms with Gasteiger partial charge in [-0.3, -0.25) is 14.4 Å². The van der Waals surface area contributed by atoms with Crippen LogP contribution >= 0.6 is 23.4 Å². The van der Waals surface area contributed by atoms with Crippen LogP contribution in [0, 0.1) is 17.8 Å². The number of carbonyl (C=O) groups excluding carboxylic acids is 3. The van der Waals surface area contributed by atoms with Gasteiger partial charge in [0.15, 0.2) is 0 Å². The van der Waals surface area contributed by atoms with Gasteiger partial charge in [0.25, 0.3) is 5.91 Å². The van der Waals surface area contributed by atoms with E-state index >= 15 is 0 Å². The molecular weight excluding hydrogens is 582 g/mol. The Hall–Kier alpha value is -3.07. The summed E-state index contributed by atoms with van der Waals surface area (Å²) in [6.07, 6.45) is 5.41. The number of hydrogen-bond donors (Lipinski definition) is 1. The monoisotopic (exact) mass is 621 g/mol. The van der Waals surface area contributed by atoms with Gasteiger partial charge in [0.05, 0.1) is 39.9 Å². The number of aliphatic hydroxyl groups excluding tert-OH is 1. The van der Waals surface area contributed by atoms with Crippen molar-refractivity contribution in [1.29, 1.82) is 0 Å². The maximum atomic E-state index is 14.9. The van der Waals surface area contributed by atoms with E-state index in [4.69, 9.17) is 11.6 Å². The molecule has 3 aliphatic heterocycles. The molecule has 9 heteroatoms. The molecule has 2 unspecified atom stereocenters. The number of amides is 3. The zero-order valence-corrected chi connectivity index (χ0v) is 26.3. The van der Waals surface area contributed by atoms with Crippen molar-refractivity contribution in [3.8, 4) is 0 Å². The molecule has 1 N–H and O–H groups in total. The number of likely N-dealkylation sites (tertiary alicyclic amines) is 1. The summed E-state index contributed by atoms with van der Waals surface area (Å²) in [7, 11) is 0. The third kappa shape index (κ3) is 5.21. The number of hydrogen-bond acceptors (Lipinski definition) is 5. The Bertz CT molecular complexity index is 1390. The standard InChI is InChI=1S/C34H40ClN3O4S/c1-5-19-36(23-13-9-8-10-14-23)31(40)28-27-17-18-34(43-27)29(28)32(41)38(26(21-39)22(4)7-3)30(34)33(42)37(20-6-2)25-16-12-11-15-24(25)35/h5-6,8-16,22,26-30,39H,1-2,7,17-21H2,3-4H3/t22-,26-,27+,28-,29-,30?,34?/m0/s1. The molecule has 1 spiro atoms. The number of para-hydroxylation sites is 2. The van der Waals surface area contributed by atoms with E-state index in [2.05, 4.69) is 13.2 Å². The van der Waals surface area contributed by atoms with Crippen LogP contribution in [0.15, 0.2) is 79.9 Å². The van der Waals surface area contributed by atoms with E-state index in [0.717, 1.165) is 12.1 Å². The largest absolute Gasteiger partial charge is 0.394 e. The van der Waals surface area contributed by atoms with E-state index in [0.29, 0.717) is 30.1 Å². The smallest absolute Gasteiger partial charge is 0.251 e. The van der Waals surface area contributed by atoms with Crippen molar-refractivity contribution in [2.45, 2.75) is 55.2 Å². The van der Waals surface area contributed by atoms with E-state index in [9.17, 15) is 19.5 Å². The third-order valence-electron chi connectivity index (χ3n) is 9.47. The number of anilines is 2. The van der Waals surface area contributed by atoms with Crippen molar-refractivity contribution in [1.82, 2.24) is 4.90 Å². The molecule has 0 aliphatic carbocycles. The first-order chi connectivity index (χ1) is 20.7. The number of aliphatic hydroxyl groups is 1. The van der Waals surface area contributed by atoms with E-state index < -0.39 is 28.7 Å². The summed E-state index contributed by atoms with van der Waals surface area (Å²) in [5.41, 5.74) is 1.28. The first-order valence-electron chi connectivity index (χ1n) is 15.0. The van der Waals surface area contributed by atoms with Crippen LogP contribution in [0.4, 0.5) is 11.4 Å². The summed E-state index contributed by atoms with van der Waals surface area (Å²) in [5, 5.41) is 11.0. The van der Waals surface area contributed by atoms with Gasteiger partial charge in [0.1, 0.15) is 6.04 Å². The zero-order chi connectivity index (χ0) is 30.9. The maximum Gasteiger partial charge on any atom is 0.251 e. The molecular formula is C34H40ClN3O4S. The number of nitrogens with zero attached hydrogens (tertiary/aromatic N) is 3. The Morgan fingerprint density at radius 1 is 1.09 bits per heavy atom. The van der Waals surface area contributed by atoms with Gasteiger partial charge >= 0.3 is 0 Å². The van der Waals surface area contributed by atoms with E-state index in [1.165, 1.54) is 0 Å². The molecule has 0 saturated carbocycles. The van der Waals surface area contributed by atoms with Crippen LogP contribution in [0.5, 0.6) is 0 Å². The molecule has 0 aromatic heterocycles. The number of rotatable bonds is 12. The SMILES string of the molecule is C=CCN(C(=O)[C@@H]1[C@H]2C(=O)N([C@@H](CO)[C@@H](C)CC)C(C(=O)N(CC=C)c3ccccc3Cl)C23CC[C@H]1S3)c1ccccc1. The average molecular weight is 622 g/mol. The number of thioether (sulfide) groups is 1. The molecule has 2 aromatic carbocycles. The molecule has 3 heterocycles. The van der Waals surface area contributed by atoms with Gasteiger partial charge in [-0.15, -0.1) is 24.9 Å². The zero-order valence-electron chi connectivity index (χ0n) is 24.8. The van der Waals surface area contributed by atoms with Crippen molar-refractivity contribution in [3.05, 3.63) is 84.9 Å². The van der Waals surface area contributed by atoms with Gasteiger partial charge in [-0.05, 0) is 43.0 Å². The van der Waals surface area contributed by atoms with Crippen LogP contribution in [0.25, 0.3) is 0 Å². The molecule has 3 aliphatic rings. The molecule has 2 aromatic rings. The van der Waals surface area contributed by atoms with E-state index in [1.54, 1.807) is 56.8 Å². The summed E-state index contributed by atoms with van der Waals surface area (Å²) >= 11 is 8.22. The maximum absolute atomic E-state index is 14.9. The quantitative estimate of drug-likeness (QED) is 0.313. The van der Waals surface area contributed by atoms with Crippen LogP contribution in [-0.4, -0.2) is 69.5 Å². The molecule has 7 nitrogen and oxygen atoms in total. The van der Waals surface area contributed by atoms with Gasteiger partial charge in [-0.2, -0.15) is 0 Å². The van der Waals surface area contributed by atoms with Gasteiger partial charge in [0, 0.05) is 24.0 Å². The minimum Gasteiger partial charge on any atom is -0.394 e. The highest BCUT2D eigenvalue weighted by Gasteiger charge is 2.75. The topological polar surface area (TPSA) is 81.2 Å². The predicted octanol–water partition coefficient (Wildman–Crippen LogP) is 5.58. The van der Waals surface area contributed by atoms with Gasteiger partial charge < -0.3 is 19.8 Å².